The lowest BCUT2D eigenvalue weighted by atomic mass is 10.1. The Hall–Kier alpha value is -2.70. The van der Waals surface area contributed by atoms with Crippen LogP contribution < -0.4 is 10.6 Å². The van der Waals surface area contributed by atoms with Gasteiger partial charge in [-0.25, -0.2) is 4.39 Å². The highest BCUT2D eigenvalue weighted by Gasteiger charge is 2.24. The molecule has 150 valence electrons. The molecule has 28 heavy (non-hydrogen) atoms. The lowest BCUT2D eigenvalue weighted by molar-refractivity contribution is -0.129. The van der Waals surface area contributed by atoms with Crippen molar-refractivity contribution in [2.75, 3.05) is 37.6 Å². The van der Waals surface area contributed by atoms with Crippen LogP contribution in [0.3, 0.4) is 0 Å². The summed E-state index contributed by atoms with van der Waals surface area (Å²) in [6.07, 6.45) is 2.40. The van der Waals surface area contributed by atoms with E-state index in [1.54, 1.807) is 17.9 Å². The summed E-state index contributed by atoms with van der Waals surface area (Å²) in [6, 6.07) is 5.09. The van der Waals surface area contributed by atoms with Crippen molar-refractivity contribution >= 4 is 23.1 Å². The summed E-state index contributed by atoms with van der Waals surface area (Å²) in [7, 11) is 0. The molecule has 0 atom stereocenters. The minimum absolute atomic E-state index is 0.0317. The van der Waals surface area contributed by atoms with E-state index in [2.05, 4.69) is 9.89 Å². The van der Waals surface area contributed by atoms with Crippen LogP contribution in [0.1, 0.15) is 31.7 Å². The minimum atomic E-state index is -0.211. The molecule has 0 aromatic heterocycles. The van der Waals surface area contributed by atoms with Crippen molar-refractivity contribution in [2.24, 2.45) is 10.7 Å². The molecule has 0 unspecified atom stereocenters. The Morgan fingerprint density at radius 2 is 1.89 bits per heavy atom. The molecule has 2 N–H and O–H groups in total. The number of hydrogen-bond acceptors (Lipinski definition) is 5. The first-order valence-electron chi connectivity index (χ1n) is 9.69. The fourth-order valence-electron chi connectivity index (χ4n) is 3.80. The highest BCUT2D eigenvalue weighted by atomic mass is 19.1. The molecule has 0 bridgehead atoms. The predicted octanol–water partition coefficient (Wildman–Crippen LogP) is 2.21. The van der Waals surface area contributed by atoms with Gasteiger partial charge in [0.05, 0.1) is 5.70 Å². The van der Waals surface area contributed by atoms with Crippen molar-refractivity contribution in [1.82, 2.24) is 4.90 Å². The van der Waals surface area contributed by atoms with Gasteiger partial charge in [0, 0.05) is 50.1 Å². The van der Waals surface area contributed by atoms with E-state index in [-0.39, 0.29) is 29.7 Å². The number of aliphatic imine (C=N–C) groups is 1. The quantitative estimate of drug-likeness (QED) is 0.805. The van der Waals surface area contributed by atoms with Crippen LogP contribution in [0, 0.1) is 12.7 Å². The number of ketones is 1. The molecular formula is C21H27FN4O2. The molecule has 1 aromatic rings. The summed E-state index contributed by atoms with van der Waals surface area (Å²) in [4.78, 5) is 32.4. The van der Waals surface area contributed by atoms with Crippen molar-refractivity contribution in [3.8, 4) is 0 Å². The third-order valence-corrected chi connectivity index (χ3v) is 5.51. The number of carbonyl (C=O) groups excluding carboxylic acids is 2. The molecule has 0 radical (unpaired) electrons. The van der Waals surface area contributed by atoms with E-state index >= 15 is 0 Å². The van der Waals surface area contributed by atoms with Crippen LogP contribution in [0.15, 0.2) is 34.5 Å². The molecular weight excluding hydrogens is 359 g/mol. The Balaban J connectivity index is 1.59. The Kier molecular flexibility index (Phi) is 6.11. The topological polar surface area (TPSA) is 79.0 Å². The molecule has 1 aliphatic heterocycles. The highest BCUT2D eigenvalue weighted by molar-refractivity contribution is 6.09. The third kappa shape index (κ3) is 4.24. The number of hydrogen-bond donors (Lipinski definition) is 1. The van der Waals surface area contributed by atoms with E-state index < -0.39 is 0 Å². The number of piperazine rings is 1. The molecule has 1 heterocycles. The fraction of sp³-hybridized carbons (Fsp3) is 0.476. The lowest BCUT2D eigenvalue weighted by Gasteiger charge is -2.36. The van der Waals surface area contributed by atoms with Crippen LogP contribution in [0.25, 0.3) is 0 Å². The lowest BCUT2D eigenvalue weighted by Crippen LogP contribution is -2.49. The number of Topliss-reactive ketones (excluding diaryl/α,β-unsaturated/α-hetero) is 1. The van der Waals surface area contributed by atoms with Gasteiger partial charge in [-0.05, 0) is 43.9 Å². The normalized spacial score (nSPS) is 20.6. The first-order chi connectivity index (χ1) is 13.4. The first kappa shape index (κ1) is 20.0. The average molecular weight is 386 g/mol. The van der Waals surface area contributed by atoms with Crippen LogP contribution in [-0.4, -0.2) is 55.0 Å². The number of carbonyl (C=O) groups is 2. The van der Waals surface area contributed by atoms with Gasteiger partial charge in [0.2, 0.25) is 5.91 Å². The Morgan fingerprint density at radius 3 is 2.57 bits per heavy atom. The number of halogens is 1. The largest absolute Gasteiger partial charge is 0.396 e. The zero-order chi connectivity index (χ0) is 20.3. The first-order valence-corrected chi connectivity index (χ1v) is 9.69. The van der Waals surface area contributed by atoms with Crippen LogP contribution >= 0.6 is 0 Å². The van der Waals surface area contributed by atoms with Crippen molar-refractivity contribution in [3.05, 3.63) is 40.8 Å². The number of nitrogens with zero attached hydrogens (tertiary/aromatic N) is 3. The number of anilines is 1. The number of nitrogens with two attached hydrogens (primary N) is 1. The minimum Gasteiger partial charge on any atom is -0.396 e. The van der Waals surface area contributed by atoms with Crippen LogP contribution in [0.4, 0.5) is 10.1 Å². The van der Waals surface area contributed by atoms with E-state index in [4.69, 9.17) is 5.73 Å². The van der Waals surface area contributed by atoms with Crippen LogP contribution in [-0.2, 0) is 9.59 Å². The summed E-state index contributed by atoms with van der Waals surface area (Å²) in [5.74, 6) is -0.396. The molecule has 0 spiro atoms. The van der Waals surface area contributed by atoms with Crippen LogP contribution in [0.5, 0.6) is 0 Å². The van der Waals surface area contributed by atoms with Crippen LogP contribution in [0.2, 0.25) is 0 Å². The standard InChI is InChI=1S/C21H27FN4O2/c1-14-17(22)6-4-8-19(14)25-9-11-26(12-10-25)20(28)13-24-18-7-3-5-16(18)21(23)15(2)27/h4,6,8H,3,5,7,9-13,23H2,1-2H3. The Labute approximate surface area is 164 Å². The molecule has 7 heteroatoms. The number of rotatable bonds is 4. The maximum Gasteiger partial charge on any atom is 0.244 e. The summed E-state index contributed by atoms with van der Waals surface area (Å²) in [5.41, 5.74) is 9.25. The Morgan fingerprint density at radius 1 is 1.18 bits per heavy atom. The van der Waals surface area contributed by atoms with Gasteiger partial charge >= 0.3 is 0 Å². The fourth-order valence-corrected chi connectivity index (χ4v) is 3.80. The number of allylic oxidation sites excluding steroid dienone is 2. The number of amides is 1. The van der Waals surface area contributed by atoms with Gasteiger partial charge in [-0.2, -0.15) is 0 Å². The van der Waals surface area contributed by atoms with Crippen molar-refractivity contribution in [1.29, 1.82) is 0 Å². The molecule has 3 rings (SSSR count). The Bertz CT molecular complexity index is 839. The monoisotopic (exact) mass is 386 g/mol. The van der Waals surface area contributed by atoms with Gasteiger partial charge in [0.15, 0.2) is 5.78 Å². The third-order valence-electron chi connectivity index (χ3n) is 5.51. The van der Waals surface area contributed by atoms with Crippen molar-refractivity contribution < 1.29 is 14.0 Å². The molecule has 1 saturated carbocycles. The SMILES string of the molecule is CC(=O)C(N)=C1CCCC1=NCC(=O)N1CCN(c2cccc(F)c2C)CC1. The molecule has 6 nitrogen and oxygen atoms in total. The summed E-state index contributed by atoms with van der Waals surface area (Å²) in [6.45, 7) is 5.78. The predicted molar refractivity (Wildman–Crippen MR) is 108 cm³/mol. The zero-order valence-electron chi connectivity index (χ0n) is 16.5. The summed E-state index contributed by atoms with van der Waals surface area (Å²) >= 11 is 0. The average Bonchev–Trinajstić information content (AvgIpc) is 3.16. The molecule has 1 amide bonds. The second-order valence-corrected chi connectivity index (χ2v) is 7.32. The van der Waals surface area contributed by atoms with Gasteiger partial charge in [-0.15, -0.1) is 0 Å². The van der Waals surface area contributed by atoms with E-state index in [9.17, 15) is 14.0 Å². The second-order valence-electron chi connectivity index (χ2n) is 7.32. The zero-order valence-corrected chi connectivity index (χ0v) is 16.5. The highest BCUT2D eigenvalue weighted by Crippen LogP contribution is 2.25. The van der Waals surface area contributed by atoms with Gasteiger partial charge in [-0.3, -0.25) is 14.6 Å². The summed E-state index contributed by atoms with van der Waals surface area (Å²) < 4.78 is 13.8. The molecule has 2 fully saturated rings. The molecule has 1 aromatic carbocycles. The van der Waals surface area contributed by atoms with E-state index in [0.717, 1.165) is 36.2 Å². The van der Waals surface area contributed by atoms with Crippen molar-refractivity contribution in [3.63, 3.8) is 0 Å². The van der Waals surface area contributed by atoms with E-state index in [0.29, 0.717) is 31.7 Å². The smallest absolute Gasteiger partial charge is 0.244 e. The maximum atomic E-state index is 13.8. The van der Waals surface area contributed by atoms with E-state index in [1.807, 2.05) is 6.07 Å². The van der Waals surface area contributed by atoms with Gasteiger partial charge in [-0.1, -0.05) is 6.07 Å². The molecule has 1 saturated heterocycles. The summed E-state index contributed by atoms with van der Waals surface area (Å²) in [5, 5.41) is 0. The van der Waals surface area contributed by atoms with Gasteiger partial charge in [0.25, 0.3) is 0 Å². The van der Waals surface area contributed by atoms with E-state index in [1.165, 1.54) is 13.0 Å². The van der Waals surface area contributed by atoms with Gasteiger partial charge in [0.1, 0.15) is 12.4 Å². The molecule has 2 aliphatic rings. The second kappa shape index (κ2) is 8.54. The molecule has 1 aliphatic carbocycles. The van der Waals surface area contributed by atoms with Gasteiger partial charge < -0.3 is 15.5 Å². The number of benzene rings is 1. The van der Waals surface area contributed by atoms with Crippen molar-refractivity contribution in [2.45, 2.75) is 33.1 Å². The maximum absolute atomic E-state index is 13.8.